The van der Waals surface area contributed by atoms with Crippen LogP contribution in [0.5, 0.6) is 5.75 Å². The Hall–Kier alpha value is -3.16. The molecule has 3 heterocycles. The standard InChI is InChI=1S/C20H14N2O4S/c1-24-12-3-5-16-14(9-12)22-20(26-16)18-7-6-17(27-18)19-21-13-8-11(10-23)2-4-15(13)25-19/h2-9,23H,10H2,1H3. The highest BCUT2D eigenvalue weighted by atomic mass is 32.1. The molecule has 134 valence electrons. The maximum atomic E-state index is 9.26. The van der Waals surface area contributed by atoms with Crippen LogP contribution in [0, 0.1) is 0 Å². The molecule has 0 saturated heterocycles. The van der Waals surface area contributed by atoms with Crippen LogP contribution in [0.4, 0.5) is 0 Å². The number of aromatic nitrogens is 2. The molecule has 0 aliphatic rings. The van der Waals surface area contributed by atoms with Gasteiger partial charge in [-0.15, -0.1) is 11.3 Å². The Morgan fingerprint density at radius 2 is 1.52 bits per heavy atom. The van der Waals surface area contributed by atoms with E-state index in [2.05, 4.69) is 9.97 Å². The number of hydrogen-bond acceptors (Lipinski definition) is 7. The zero-order chi connectivity index (χ0) is 18.4. The van der Waals surface area contributed by atoms with Crippen molar-refractivity contribution in [3.05, 3.63) is 54.1 Å². The first-order chi connectivity index (χ1) is 13.2. The lowest BCUT2D eigenvalue weighted by atomic mass is 10.2. The zero-order valence-corrected chi connectivity index (χ0v) is 15.1. The molecule has 0 unspecified atom stereocenters. The Kier molecular flexibility index (Phi) is 3.70. The van der Waals surface area contributed by atoms with Gasteiger partial charge >= 0.3 is 0 Å². The number of thiophene rings is 1. The molecular formula is C20H14N2O4S. The van der Waals surface area contributed by atoms with Gasteiger partial charge < -0.3 is 18.7 Å². The quantitative estimate of drug-likeness (QED) is 0.481. The molecule has 0 atom stereocenters. The summed E-state index contributed by atoms with van der Waals surface area (Å²) in [5.41, 5.74) is 3.67. The molecule has 7 heteroatoms. The number of oxazole rings is 2. The normalized spacial score (nSPS) is 11.5. The largest absolute Gasteiger partial charge is 0.497 e. The fraction of sp³-hybridized carbons (Fsp3) is 0.100. The summed E-state index contributed by atoms with van der Waals surface area (Å²) in [5, 5.41) is 9.26. The van der Waals surface area contributed by atoms with E-state index in [0.29, 0.717) is 22.9 Å². The van der Waals surface area contributed by atoms with E-state index in [1.54, 1.807) is 7.11 Å². The molecule has 0 aliphatic carbocycles. The smallest absolute Gasteiger partial charge is 0.237 e. The number of benzene rings is 2. The first-order valence-electron chi connectivity index (χ1n) is 8.29. The summed E-state index contributed by atoms with van der Waals surface area (Å²) in [6, 6.07) is 14.9. The average Bonchev–Trinajstić information content (AvgIpc) is 3.43. The first-order valence-corrected chi connectivity index (χ1v) is 9.10. The molecule has 2 aromatic carbocycles. The van der Waals surface area contributed by atoms with Crippen LogP contribution in [0.3, 0.4) is 0 Å². The fourth-order valence-electron chi connectivity index (χ4n) is 2.88. The Labute approximate surface area is 157 Å². The van der Waals surface area contributed by atoms with E-state index >= 15 is 0 Å². The van der Waals surface area contributed by atoms with E-state index in [1.165, 1.54) is 11.3 Å². The molecule has 5 rings (SSSR count). The number of aliphatic hydroxyl groups excluding tert-OH is 1. The van der Waals surface area contributed by atoms with Crippen LogP contribution >= 0.6 is 11.3 Å². The summed E-state index contributed by atoms with van der Waals surface area (Å²) in [5.74, 6) is 1.82. The van der Waals surface area contributed by atoms with Gasteiger partial charge in [0.05, 0.1) is 23.5 Å². The van der Waals surface area contributed by atoms with Gasteiger partial charge in [0.2, 0.25) is 11.8 Å². The lowest BCUT2D eigenvalue weighted by Crippen LogP contribution is -1.81. The predicted octanol–water partition coefficient (Wildman–Crippen LogP) is 4.87. The molecule has 1 N–H and O–H groups in total. The second-order valence-electron chi connectivity index (χ2n) is 6.00. The highest BCUT2D eigenvalue weighted by Gasteiger charge is 2.15. The van der Waals surface area contributed by atoms with E-state index < -0.39 is 0 Å². The number of fused-ring (bicyclic) bond motifs is 2. The molecule has 6 nitrogen and oxygen atoms in total. The van der Waals surface area contributed by atoms with Gasteiger partial charge in [0.1, 0.15) is 16.8 Å². The van der Waals surface area contributed by atoms with Gasteiger partial charge in [-0.1, -0.05) is 6.07 Å². The molecule has 3 aromatic heterocycles. The van der Waals surface area contributed by atoms with Crippen molar-refractivity contribution in [1.82, 2.24) is 9.97 Å². The van der Waals surface area contributed by atoms with Crippen LogP contribution in [-0.4, -0.2) is 22.2 Å². The lowest BCUT2D eigenvalue weighted by molar-refractivity contribution is 0.282. The van der Waals surface area contributed by atoms with Crippen molar-refractivity contribution >= 4 is 33.5 Å². The Morgan fingerprint density at radius 3 is 2.15 bits per heavy atom. The third-order valence-electron chi connectivity index (χ3n) is 4.26. The van der Waals surface area contributed by atoms with Gasteiger partial charge in [-0.2, -0.15) is 0 Å². The van der Waals surface area contributed by atoms with E-state index in [4.69, 9.17) is 13.6 Å². The first kappa shape index (κ1) is 16.0. The van der Waals surface area contributed by atoms with E-state index in [0.717, 1.165) is 32.1 Å². The van der Waals surface area contributed by atoms with Crippen molar-refractivity contribution in [2.45, 2.75) is 6.61 Å². The number of nitrogens with zero attached hydrogens (tertiary/aromatic N) is 2. The third kappa shape index (κ3) is 2.77. The van der Waals surface area contributed by atoms with Crippen LogP contribution in [0.25, 0.3) is 43.7 Å². The molecule has 0 spiro atoms. The van der Waals surface area contributed by atoms with Crippen molar-refractivity contribution in [2.24, 2.45) is 0 Å². The van der Waals surface area contributed by atoms with Crippen LogP contribution < -0.4 is 4.74 Å². The van der Waals surface area contributed by atoms with Gasteiger partial charge in [0.25, 0.3) is 0 Å². The second kappa shape index (κ2) is 6.22. The van der Waals surface area contributed by atoms with Crippen molar-refractivity contribution in [3.63, 3.8) is 0 Å². The number of methoxy groups -OCH3 is 1. The van der Waals surface area contributed by atoms with Crippen molar-refractivity contribution in [3.8, 4) is 27.3 Å². The lowest BCUT2D eigenvalue weighted by Gasteiger charge is -1.95. The summed E-state index contributed by atoms with van der Waals surface area (Å²) in [6.07, 6.45) is 0. The molecule has 0 amide bonds. The van der Waals surface area contributed by atoms with Crippen LogP contribution in [-0.2, 0) is 6.61 Å². The highest BCUT2D eigenvalue weighted by Crippen LogP contribution is 2.36. The van der Waals surface area contributed by atoms with Gasteiger partial charge in [0, 0.05) is 6.07 Å². The Morgan fingerprint density at radius 1 is 0.889 bits per heavy atom. The van der Waals surface area contributed by atoms with Gasteiger partial charge in [-0.05, 0) is 42.0 Å². The summed E-state index contributed by atoms with van der Waals surface area (Å²) in [4.78, 5) is 10.8. The fourth-order valence-corrected chi connectivity index (χ4v) is 3.74. The summed E-state index contributed by atoms with van der Waals surface area (Å²) in [6.45, 7) is -0.0240. The summed E-state index contributed by atoms with van der Waals surface area (Å²) < 4.78 is 16.9. The Balaban J connectivity index is 1.52. The van der Waals surface area contributed by atoms with Gasteiger partial charge in [-0.3, -0.25) is 0 Å². The summed E-state index contributed by atoms with van der Waals surface area (Å²) in [7, 11) is 1.62. The van der Waals surface area contributed by atoms with Crippen LogP contribution in [0.1, 0.15) is 5.56 Å². The van der Waals surface area contributed by atoms with Crippen molar-refractivity contribution < 1.29 is 18.7 Å². The van der Waals surface area contributed by atoms with E-state index in [9.17, 15) is 5.11 Å². The molecule has 5 aromatic rings. The SMILES string of the molecule is COc1ccc2oc(-c3ccc(-c4nc5cc(CO)ccc5o4)s3)nc2c1. The number of hydrogen-bond donors (Lipinski definition) is 1. The topological polar surface area (TPSA) is 81.5 Å². The number of ether oxygens (including phenoxy) is 1. The minimum Gasteiger partial charge on any atom is -0.497 e. The maximum absolute atomic E-state index is 9.26. The van der Waals surface area contributed by atoms with Crippen molar-refractivity contribution in [1.29, 1.82) is 0 Å². The number of aliphatic hydroxyl groups is 1. The van der Waals surface area contributed by atoms with Gasteiger partial charge in [-0.25, -0.2) is 9.97 Å². The minimum atomic E-state index is -0.0240. The zero-order valence-electron chi connectivity index (χ0n) is 14.3. The number of rotatable bonds is 4. The molecule has 0 saturated carbocycles. The van der Waals surface area contributed by atoms with Gasteiger partial charge in [0.15, 0.2) is 11.2 Å². The molecular weight excluding hydrogens is 364 g/mol. The average molecular weight is 378 g/mol. The second-order valence-corrected chi connectivity index (χ2v) is 7.08. The molecule has 0 radical (unpaired) electrons. The van der Waals surface area contributed by atoms with Crippen LogP contribution in [0.15, 0.2) is 57.4 Å². The molecule has 0 bridgehead atoms. The predicted molar refractivity (Wildman–Crippen MR) is 103 cm³/mol. The van der Waals surface area contributed by atoms with E-state index in [-0.39, 0.29) is 6.61 Å². The van der Waals surface area contributed by atoms with E-state index in [1.807, 2.05) is 48.5 Å². The highest BCUT2D eigenvalue weighted by molar-refractivity contribution is 7.18. The molecule has 27 heavy (non-hydrogen) atoms. The summed E-state index contributed by atoms with van der Waals surface area (Å²) >= 11 is 1.50. The van der Waals surface area contributed by atoms with Crippen molar-refractivity contribution in [2.75, 3.05) is 7.11 Å². The van der Waals surface area contributed by atoms with Crippen LogP contribution in [0.2, 0.25) is 0 Å². The minimum absolute atomic E-state index is 0.0240. The Bertz CT molecular complexity index is 1170. The third-order valence-corrected chi connectivity index (χ3v) is 5.32. The maximum Gasteiger partial charge on any atom is 0.237 e. The molecule has 0 fully saturated rings. The monoisotopic (exact) mass is 378 g/mol. The molecule has 0 aliphatic heterocycles.